The maximum absolute atomic E-state index is 14.1. The monoisotopic (exact) mass is 750 g/mol. The third-order valence-corrected chi connectivity index (χ3v) is 9.51. The highest BCUT2D eigenvalue weighted by Gasteiger charge is 2.58. The van der Waals surface area contributed by atoms with Crippen LogP contribution >= 0.6 is 34.4 Å². The smallest absolute Gasteiger partial charge is 0.392 e. The average Bonchev–Trinajstić information content (AvgIpc) is 3.19. The Hall–Kier alpha value is -2.78. The topological polar surface area (TPSA) is 69.6 Å². The van der Waals surface area contributed by atoms with Crippen LogP contribution in [0.1, 0.15) is 59.7 Å². The number of aliphatic hydroxyl groups excluding tert-OH is 1. The van der Waals surface area contributed by atoms with E-state index < -0.39 is 52.6 Å². The van der Waals surface area contributed by atoms with Gasteiger partial charge in [0.25, 0.3) is 0 Å². The van der Waals surface area contributed by atoms with Gasteiger partial charge in [-0.05, 0) is 96.5 Å². The molecule has 1 aliphatic rings. The minimum absolute atomic E-state index is 0.0387. The van der Waals surface area contributed by atoms with Crippen LogP contribution in [0.2, 0.25) is 0 Å². The van der Waals surface area contributed by atoms with Crippen LogP contribution in [-0.2, 0) is 35.1 Å². The molecule has 5 nitrogen and oxygen atoms in total. The minimum Gasteiger partial charge on any atom is -0.392 e. The molecule has 4 rings (SSSR count). The number of thioether (sulfide) groups is 1. The van der Waals surface area contributed by atoms with E-state index >= 15 is 0 Å². The molecule has 13 heteroatoms. The fourth-order valence-corrected chi connectivity index (χ4v) is 7.44. The highest BCUT2D eigenvalue weighted by molar-refractivity contribution is 14.1. The van der Waals surface area contributed by atoms with Crippen LogP contribution in [0.15, 0.2) is 65.6 Å². The lowest BCUT2D eigenvalue weighted by Crippen LogP contribution is -2.50. The highest BCUT2D eigenvalue weighted by atomic mass is 127. The molecule has 0 unspecified atom stereocenters. The molecule has 44 heavy (non-hydrogen) atoms. The Bertz CT molecular complexity index is 1510. The Morgan fingerprint density at radius 1 is 1.00 bits per heavy atom. The van der Waals surface area contributed by atoms with Crippen LogP contribution in [0.3, 0.4) is 0 Å². The van der Waals surface area contributed by atoms with Gasteiger partial charge >= 0.3 is 12.4 Å². The molecule has 0 radical (unpaired) electrons. The molecule has 0 aliphatic carbocycles. The molecule has 2 amide bonds. The quantitative estimate of drug-likeness (QED) is 0.183. The second-order valence-electron chi connectivity index (χ2n) is 11.0. The molecule has 0 spiro atoms. The van der Waals surface area contributed by atoms with E-state index in [9.17, 15) is 41.0 Å². The standard InChI is InChI=1S/C31H29F6IN2O3S/c1-17(2)39-28(43)29(44-23-7-4-18(3)5-8-23)14-26(42)40(27(29)24-9-6-19(16-41)12-25(24)38)15-20-10-21(30(32,33)34)13-22(11-20)31(35,36)37/h4-13,17,27,41H,14-16H2,1-3H3,(H,39,43)/t27-,29-/m1/s1. The molecule has 3 aromatic carbocycles. The van der Waals surface area contributed by atoms with Crippen molar-refractivity contribution >= 4 is 46.2 Å². The summed E-state index contributed by atoms with van der Waals surface area (Å²) in [5.74, 6) is -1.11. The largest absolute Gasteiger partial charge is 0.416 e. The summed E-state index contributed by atoms with van der Waals surface area (Å²) >= 11 is 3.12. The summed E-state index contributed by atoms with van der Waals surface area (Å²) in [7, 11) is 0. The number of carbonyl (C=O) groups is 2. The van der Waals surface area contributed by atoms with Gasteiger partial charge < -0.3 is 15.3 Å². The summed E-state index contributed by atoms with van der Waals surface area (Å²) in [5.41, 5.74) is -1.40. The van der Waals surface area contributed by atoms with Crippen molar-refractivity contribution < 1.29 is 41.0 Å². The summed E-state index contributed by atoms with van der Waals surface area (Å²) in [4.78, 5) is 29.8. The molecular formula is C31H29F6IN2O3S. The van der Waals surface area contributed by atoms with Crippen molar-refractivity contribution in [2.75, 3.05) is 0 Å². The summed E-state index contributed by atoms with van der Waals surface area (Å²) in [6.07, 6.45) is -10.5. The Morgan fingerprint density at radius 2 is 1.59 bits per heavy atom. The van der Waals surface area contributed by atoms with E-state index in [0.717, 1.165) is 17.3 Å². The van der Waals surface area contributed by atoms with Crippen LogP contribution in [0.5, 0.6) is 0 Å². The first-order valence-electron chi connectivity index (χ1n) is 13.5. The SMILES string of the molecule is Cc1ccc(S[C@]2(C(=O)NC(C)C)CC(=O)N(Cc3cc(C(F)(F)F)cc(C(F)(F)F)c3)[C@@H]2c2ccc(CO)cc2I)cc1. The number of benzene rings is 3. The summed E-state index contributed by atoms with van der Waals surface area (Å²) in [6.45, 7) is 4.47. The first-order chi connectivity index (χ1) is 20.4. The van der Waals surface area contributed by atoms with Crippen molar-refractivity contribution in [2.24, 2.45) is 0 Å². The fourth-order valence-electron chi connectivity index (χ4n) is 5.16. The second-order valence-corrected chi connectivity index (χ2v) is 13.5. The van der Waals surface area contributed by atoms with Crippen molar-refractivity contribution in [3.8, 4) is 0 Å². The lowest BCUT2D eigenvalue weighted by molar-refractivity contribution is -0.143. The van der Waals surface area contributed by atoms with Crippen LogP contribution in [0, 0.1) is 10.5 Å². The van der Waals surface area contributed by atoms with Crippen molar-refractivity contribution in [2.45, 2.75) is 74.4 Å². The summed E-state index contributed by atoms with van der Waals surface area (Å²) in [6, 6.07) is 11.9. The molecule has 1 aliphatic heterocycles. The lowest BCUT2D eigenvalue weighted by atomic mass is 9.90. The van der Waals surface area contributed by atoms with Gasteiger partial charge in [-0.15, -0.1) is 11.8 Å². The average molecular weight is 751 g/mol. The van der Waals surface area contributed by atoms with Crippen molar-refractivity contribution in [1.29, 1.82) is 0 Å². The predicted molar refractivity (Wildman–Crippen MR) is 162 cm³/mol. The molecule has 236 valence electrons. The van der Waals surface area contributed by atoms with E-state index in [0.29, 0.717) is 31.7 Å². The first kappa shape index (κ1) is 34.1. The van der Waals surface area contributed by atoms with E-state index in [4.69, 9.17) is 0 Å². The van der Waals surface area contributed by atoms with Gasteiger partial charge in [0.15, 0.2) is 0 Å². The number of nitrogens with zero attached hydrogens (tertiary/aromatic N) is 1. The molecular weight excluding hydrogens is 721 g/mol. The number of halogens is 7. The molecule has 1 saturated heterocycles. The number of hydrogen-bond acceptors (Lipinski definition) is 4. The molecule has 2 atom stereocenters. The summed E-state index contributed by atoms with van der Waals surface area (Å²) < 4.78 is 81.1. The van der Waals surface area contributed by atoms with E-state index in [1.165, 1.54) is 4.90 Å². The van der Waals surface area contributed by atoms with Crippen molar-refractivity contribution in [3.63, 3.8) is 0 Å². The van der Waals surface area contributed by atoms with Gasteiger partial charge in [0, 0.05) is 21.1 Å². The molecule has 0 bridgehead atoms. The number of nitrogens with one attached hydrogen (secondary N) is 1. The number of amides is 2. The zero-order valence-electron chi connectivity index (χ0n) is 23.8. The Balaban J connectivity index is 1.94. The zero-order valence-corrected chi connectivity index (χ0v) is 26.8. The third-order valence-electron chi connectivity index (χ3n) is 7.16. The second kappa shape index (κ2) is 12.9. The number of hydrogen-bond donors (Lipinski definition) is 2. The van der Waals surface area contributed by atoms with Gasteiger partial charge in [-0.2, -0.15) is 26.3 Å². The maximum Gasteiger partial charge on any atom is 0.416 e. The van der Waals surface area contributed by atoms with E-state index in [2.05, 4.69) is 5.32 Å². The number of rotatable bonds is 8. The van der Waals surface area contributed by atoms with E-state index in [-0.39, 0.29) is 30.7 Å². The number of likely N-dealkylation sites (tertiary alicyclic amines) is 1. The van der Waals surface area contributed by atoms with Gasteiger partial charge in [0.05, 0.1) is 30.2 Å². The minimum atomic E-state index is -5.07. The zero-order chi connectivity index (χ0) is 32.6. The highest BCUT2D eigenvalue weighted by Crippen LogP contribution is 2.54. The number of alkyl halides is 6. The first-order valence-corrected chi connectivity index (χ1v) is 15.4. The van der Waals surface area contributed by atoms with Gasteiger partial charge in [-0.25, -0.2) is 0 Å². The van der Waals surface area contributed by atoms with Gasteiger partial charge in [-0.1, -0.05) is 29.8 Å². The van der Waals surface area contributed by atoms with Crippen LogP contribution in [-0.4, -0.2) is 32.6 Å². The van der Waals surface area contributed by atoms with Crippen LogP contribution in [0.4, 0.5) is 26.3 Å². The Kier molecular flexibility index (Phi) is 10.0. The Morgan fingerprint density at radius 3 is 2.09 bits per heavy atom. The van der Waals surface area contributed by atoms with E-state index in [1.54, 1.807) is 44.2 Å². The van der Waals surface area contributed by atoms with Gasteiger partial charge in [0.2, 0.25) is 11.8 Å². The van der Waals surface area contributed by atoms with E-state index in [1.807, 2.05) is 41.6 Å². The van der Waals surface area contributed by atoms with Crippen molar-refractivity contribution in [3.05, 3.63) is 97.6 Å². The molecule has 1 heterocycles. The summed E-state index contributed by atoms with van der Waals surface area (Å²) in [5, 5.41) is 12.6. The van der Waals surface area contributed by atoms with Gasteiger partial charge in [0.1, 0.15) is 4.75 Å². The number of carbonyl (C=O) groups excluding carboxylic acids is 2. The predicted octanol–water partition coefficient (Wildman–Crippen LogP) is 7.66. The lowest BCUT2D eigenvalue weighted by Gasteiger charge is -2.37. The van der Waals surface area contributed by atoms with Crippen LogP contribution in [0.25, 0.3) is 0 Å². The molecule has 3 aromatic rings. The number of aliphatic hydroxyl groups is 1. The van der Waals surface area contributed by atoms with Crippen LogP contribution < -0.4 is 5.32 Å². The Labute approximate surface area is 268 Å². The fraction of sp³-hybridized carbons (Fsp3) is 0.355. The van der Waals surface area contributed by atoms with Gasteiger partial charge in [-0.3, -0.25) is 9.59 Å². The maximum atomic E-state index is 14.1. The molecule has 0 saturated carbocycles. The number of aryl methyl sites for hydroxylation is 1. The molecule has 0 aromatic heterocycles. The molecule has 1 fully saturated rings. The molecule has 2 N–H and O–H groups in total. The normalized spacial score (nSPS) is 19.1. The third kappa shape index (κ3) is 7.36. The van der Waals surface area contributed by atoms with Crippen molar-refractivity contribution in [1.82, 2.24) is 10.2 Å².